The first kappa shape index (κ1) is 12.3. The summed E-state index contributed by atoms with van der Waals surface area (Å²) in [6.45, 7) is 8.66. The molecule has 0 aliphatic carbocycles. The van der Waals surface area contributed by atoms with Gasteiger partial charge in [-0.3, -0.25) is 4.79 Å². The van der Waals surface area contributed by atoms with Crippen molar-refractivity contribution in [1.82, 2.24) is 0 Å². The maximum absolute atomic E-state index is 11.3. The van der Waals surface area contributed by atoms with E-state index in [1.807, 2.05) is 0 Å². The third-order valence-electron chi connectivity index (χ3n) is 2.12. The summed E-state index contributed by atoms with van der Waals surface area (Å²) in [5.41, 5.74) is 1.35. The van der Waals surface area contributed by atoms with Gasteiger partial charge in [0.15, 0.2) is 0 Å². The fourth-order valence-electron chi connectivity index (χ4n) is 1.22. The van der Waals surface area contributed by atoms with Crippen LogP contribution in [0.15, 0.2) is 30.0 Å². The smallest absolute Gasteiger partial charge is 0.336 e. The van der Waals surface area contributed by atoms with E-state index in [-0.39, 0.29) is 5.70 Å². The molecule has 0 N–H and O–H groups in total. The van der Waals surface area contributed by atoms with Gasteiger partial charge in [-0.25, -0.2) is 4.85 Å². The number of ether oxygens (including phenoxy) is 1. The molecule has 0 atom stereocenters. The van der Waals surface area contributed by atoms with Crippen LogP contribution in [-0.2, 0) is 9.53 Å². The Morgan fingerprint density at radius 3 is 2.38 bits per heavy atom. The molecule has 3 nitrogen and oxygen atoms in total. The third-order valence-corrected chi connectivity index (χ3v) is 2.37. The Kier molecular flexibility index (Phi) is 4.10. The molecule has 0 radical (unpaired) electrons. The normalized spacial score (nSPS) is 11.4. The van der Waals surface area contributed by atoms with Crippen LogP contribution in [0, 0.1) is 6.57 Å². The minimum absolute atomic E-state index is 0.00942. The lowest BCUT2D eigenvalue weighted by molar-refractivity contribution is -0.135. The van der Waals surface area contributed by atoms with Crippen LogP contribution in [0.25, 0.3) is 10.4 Å². The summed E-state index contributed by atoms with van der Waals surface area (Å²) in [6, 6.07) is 6.93. The molecule has 0 unspecified atom stereocenters. The average molecular weight is 236 g/mol. The molecule has 4 heteroatoms. The van der Waals surface area contributed by atoms with Gasteiger partial charge in [-0.1, -0.05) is 23.7 Å². The van der Waals surface area contributed by atoms with Crippen LogP contribution in [0.3, 0.4) is 0 Å². The minimum atomic E-state index is -0.623. The fourth-order valence-corrected chi connectivity index (χ4v) is 1.34. The van der Waals surface area contributed by atoms with Gasteiger partial charge in [-0.15, -0.1) is 0 Å². The number of rotatable bonds is 2. The zero-order valence-electron chi connectivity index (χ0n) is 8.95. The highest BCUT2D eigenvalue weighted by Crippen LogP contribution is 2.21. The second-order valence-corrected chi connectivity index (χ2v) is 3.52. The molecule has 0 saturated heterocycles. The summed E-state index contributed by atoms with van der Waals surface area (Å²) in [6.07, 6.45) is 0. The monoisotopic (exact) mass is 235 g/mol. The van der Waals surface area contributed by atoms with Crippen molar-refractivity contribution < 1.29 is 9.53 Å². The van der Waals surface area contributed by atoms with Crippen molar-refractivity contribution in [2.24, 2.45) is 0 Å². The first-order valence-electron chi connectivity index (χ1n) is 4.52. The minimum Gasteiger partial charge on any atom is -0.474 e. The lowest BCUT2D eigenvalue weighted by atomic mass is 10.1. The van der Waals surface area contributed by atoms with Crippen LogP contribution >= 0.6 is 11.6 Å². The Balaban J connectivity index is 3.21. The van der Waals surface area contributed by atoms with Gasteiger partial charge in [-0.2, -0.15) is 0 Å². The van der Waals surface area contributed by atoms with Crippen LogP contribution in [0.4, 0.5) is 0 Å². The molecule has 0 aromatic heterocycles. The Hall–Kier alpha value is -1.79. The van der Waals surface area contributed by atoms with Crippen molar-refractivity contribution in [1.29, 1.82) is 0 Å². The number of carbonyl (C=O) groups excluding carboxylic acids is 1. The van der Waals surface area contributed by atoms with E-state index < -0.39 is 5.97 Å². The Bertz CT molecular complexity index is 469. The number of halogens is 1. The topological polar surface area (TPSA) is 30.7 Å². The lowest BCUT2D eigenvalue weighted by Gasteiger charge is -2.04. The molecule has 1 rings (SSSR count). The van der Waals surface area contributed by atoms with E-state index in [2.05, 4.69) is 9.58 Å². The summed E-state index contributed by atoms with van der Waals surface area (Å²) in [5.74, 6) is -0.623. The fraction of sp³-hybridized carbons (Fsp3) is 0.167. The zero-order valence-corrected chi connectivity index (χ0v) is 9.71. The molecule has 0 saturated carbocycles. The first-order valence-corrected chi connectivity index (χ1v) is 4.90. The van der Waals surface area contributed by atoms with E-state index in [0.29, 0.717) is 10.6 Å². The average Bonchev–Trinajstić information content (AvgIpc) is 2.30. The van der Waals surface area contributed by atoms with Gasteiger partial charge in [-0.05, 0) is 30.2 Å². The van der Waals surface area contributed by atoms with Crippen LogP contribution in [-0.4, -0.2) is 13.1 Å². The van der Waals surface area contributed by atoms with Crippen LogP contribution in [0.2, 0.25) is 5.02 Å². The highest BCUT2D eigenvalue weighted by molar-refractivity contribution is 6.30. The van der Waals surface area contributed by atoms with Crippen LogP contribution < -0.4 is 0 Å². The Morgan fingerprint density at radius 1 is 1.38 bits per heavy atom. The first-order chi connectivity index (χ1) is 7.60. The molecule has 0 heterocycles. The van der Waals surface area contributed by atoms with Gasteiger partial charge in [0.05, 0.1) is 13.7 Å². The number of esters is 1. The van der Waals surface area contributed by atoms with Gasteiger partial charge in [0.1, 0.15) is 0 Å². The Labute approximate surface area is 99.1 Å². The summed E-state index contributed by atoms with van der Waals surface area (Å²) >= 11 is 5.75. The summed E-state index contributed by atoms with van der Waals surface area (Å²) in [4.78, 5) is 14.5. The van der Waals surface area contributed by atoms with Crippen molar-refractivity contribution in [3.05, 3.63) is 52.0 Å². The largest absolute Gasteiger partial charge is 0.474 e. The number of benzene rings is 1. The molecule has 1 aromatic carbocycles. The second kappa shape index (κ2) is 5.34. The quantitative estimate of drug-likeness (QED) is 0.448. The molecule has 82 valence electrons. The maximum Gasteiger partial charge on any atom is 0.336 e. The summed E-state index contributed by atoms with van der Waals surface area (Å²) < 4.78 is 4.53. The molecular weight excluding hydrogens is 226 g/mol. The van der Waals surface area contributed by atoms with Crippen LogP contribution in [0.1, 0.15) is 12.5 Å². The number of methoxy groups -OCH3 is 1. The number of hydrogen-bond donors (Lipinski definition) is 0. The van der Waals surface area contributed by atoms with E-state index in [1.54, 1.807) is 31.2 Å². The predicted molar refractivity (Wildman–Crippen MR) is 62.7 cm³/mol. The number of carbonyl (C=O) groups is 1. The highest BCUT2D eigenvalue weighted by Gasteiger charge is 2.14. The van der Waals surface area contributed by atoms with Crippen molar-refractivity contribution in [2.45, 2.75) is 6.92 Å². The van der Waals surface area contributed by atoms with Gasteiger partial charge < -0.3 is 4.74 Å². The predicted octanol–water partition coefficient (Wildman–Crippen LogP) is 3.16. The summed E-state index contributed by atoms with van der Waals surface area (Å²) in [7, 11) is 1.25. The standard InChI is InChI=1S/C12H10ClNO2/c1-8(11(14-2)12(15)16-3)9-4-6-10(13)7-5-9/h4-7H,1,3H3. The Morgan fingerprint density at radius 2 is 1.94 bits per heavy atom. The molecule has 0 spiro atoms. The second-order valence-electron chi connectivity index (χ2n) is 3.08. The van der Waals surface area contributed by atoms with E-state index >= 15 is 0 Å². The van der Waals surface area contributed by atoms with Crippen LogP contribution in [0.5, 0.6) is 0 Å². The van der Waals surface area contributed by atoms with Gasteiger partial charge in [0, 0.05) is 5.02 Å². The SMILES string of the molecule is [C-]#[N+]C(C(=O)OC)=C(C)c1ccc(Cl)cc1. The van der Waals surface area contributed by atoms with E-state index in [4.69, 9.17) is 18.2 Å². The molecular formula is C12H10ClNO2. The third kappa shape index (κ3) is 2.62. The summed E-state index contributed by atoms with van der Waals surface area (Å²) in [5, 5.41) is 0.610. The molecule has 1 aromatic rings. The van der Waals surface area contributed by atoms with E-state index in [1.165, 1.54) is 7.11 Å². The van der Waals surface area contributed by atoms with Crippen molar-refractivity contribution in [3.63, 3.8) is 0 Å². The molecule has 16 heavy (non-hydrogen) atoms. The molecule has 0 bridgehead atoms. The van der Waals surface area contributed by atoms with Gasteiger partial charge >= 0.3 is 5.97 Å². The van der Waals surface area contributed by atoms with Crippen molar-refractivity contribution in [3.8, 4) is 0 Å². The van der Waals surface area contributed by atoms with Crippen molar-refractivity contribution in [2.75, 3.05) is 7.11 Å². The maximum atomic E-state index is 11.3. The zero-order chi connectivity index (χ0) is 12.1. The van der Waals surface area contributed by atoms with E-state index in [0.717, 1.165) is 5.56 Å². The van der Waals surface area contributed by atoms with Gasteiger partial charge in [0.2, 0.25) is 0 Å². The number of hydrogen-bond acceptors (Lipinski definition) is 2. The number of nitrogens with zero attached hydrogens (tertiary/aromatic N) is 1. The number of allylic oxidation sites excluding steroid dienone is 1. The van der Waals surface area contributed by atoms with Crippen molar-refractivity contribution >= 4 is 23.1 Å². The molecule has 0 amide bonds. The molecule has 0 aliphatic rings. The van der Waals surface area contributed by atoms with E-state index in [9.17, 15) is 4.79 Å². The lowest BCUT2D eigenvalue weighted by Crippen LogP contribution is -2.03. The highest BCUT2D eigenvalue weighted by atomic mass is 35.5. The van der Waals surface area contributed by atoms with Gasteiger partial charge in [0.25, 0.3) is 5.70 Å². The molecule has 0 fully saturated rings. The molecule has 0 aliphatic heterocycles.